The number of ether oxygens (including phenoxy) is 1. The number of halogens is 2. The third-order valence-electron chi connectivity index (χ3n) is 3.61. The van der Waals surface area contributed by atoms with Gasteiger partial charge in [0.1, 0.15) is 12.4 Å². The predicted molar refractivity (Wildman–Crippen MR) is 80.5 cm³/mol. The van der Waals surface area contributed by atoms with Gasteiger partial charge in [0.25, 0.3) is 0 Å². The lowest BCUT2D eigenvalue weighted by Gasteiger charge is -2.11. The first-order valence-electron chi connectivity index (χ1n) is 6.52. The molecule has 0 spiro atoms. The van der Waals surface area contributed by atoms with Crippen LogP contribution in [0.15, 0.2) is 36.4 Å². The van der Waals surface area contributed by atoms with E-state index in [1.165, 1.54) is 0 Å². The molecule has 1 aliphatic carbocycles. The van der Waals surface area contributed by atoms with E-state index >= 15 is 0 Å². The van der Waals surface area contributed by atoms with Crippen molar-refractivity contribution in [2.45, 2.75) is 25.6 Å². The molecular formula is C16H14Cl2O2. The summed E-state index contributed by atoms with van der Waals surface area (Å²) in [7, 11) is 0. The van der Waals surface area contributed by atoms with Gasteiger partial charge in [-0.3, -0.25) is 0 Å². The highest BCUT2D eigenvalue weighted by Gasteiger charge is 2.20. The summed E-state index contributed by atoms with van der Waals surface area (Å²) in [6.07, 6.45) is 1.34. The van der Waals surface area contributed by atoms with E-state index in [-0.39, 0.29) is 6.10 Å². The molecule has 0 bridgehead atoms. The fourth-order valence-corrected chi connectivity index (χ4v) is 2.99. The summed E-state index contributed by atoms with van der Waals surface area (Å²) < 4.78 is 5.76. The van der Waals surface area contributed by atoms with Crippen molar-refractivity contribution >= 4 is 23.2 Å². The number of hydrogen-bond donors (Lipinski definition) is 1. The average molecular weight is 309 g/mol. The molecule has 0 fully saturated rings. The van der Waals surface area contributed by atoms with Crippen LogP contribution in [0.1, 0.15) is 29.2 Å². The van der Waals surface area contributed by atoms with Crippen LogP contribution in [0.5, 0.6) is 5.75 Å². The van der Waals surface area contributed by atoms with Crippen LogP contribution in [-0.2, 0) is 13.0 Å². The summed E-state index contributed by atoms with van der Waals surface area (Å²) in [6.45, 7) is 0.333. The Hall–Kier alpha value is -1.22. The molecule has 20 heavy (non-hydrogen) atoms. The Balaban J connectivity index is 1.76. The van der Waals surface area contributed by atoms with Gasteiger partial charge in [0.15, 0.2) is 0 Å². The molecule has 104 valence electrons. The Labute approximate surface area is 127 Å². The molecule has 2 aromatic rings. The Bertz CT molecular complexity index is 620. The lowest BCUT2D eigenvalue weighted by atomic mass is 10.1. The molecule has 1 atom stereocenters. The van der Waals surface area contributed by atoms with Gasteiger partial charge in [0.05, 0.1) is 6.10 Å². The van der Waals surface area contributed by atoms with Gasteiger partial charge in [-0.15, -0.1) is 0 Å². The summed E-state index contributed by atoms with van der Waals surface area (Å²) in [5, 5.41) is 11.0. The van der Waals surface area contributed by atoms with Crippen LogP contribution in [0.25, 0.3) is 0 Å². The molecule has 0 heterocycles. The lowest BCUT2D eigenvalue weighted by molar-refractivity contribution is 0.180. The van der Waals surface area contributed by atoms with Crippen molar-refractivity contribution in [3.8, 4) is 5.75 Å². The standard InChI is InChI=1S/C16H14Cl2O2/c17-14-2-1-3-15(18)13(14)9-20-11-5-6-12-10(8-11)4-7-16(12)19/h1-3,5-6,8,16,19H,4,7,9H2/t16-/m1/s1. The molecule has 0 saturated heterocycles. The van der Waals surface area contributed by atoms with Crippen LogP contribution >= 0.6 is 23.2 Å². The van der Waals surface area contributed by atoms with Crippen LogP contribution in [-0.4, -0.2) is 5.11 Å². The first-order chi connectivity index (χ1) is 9.65. The summed E-state index contributed by atoms with van der Waals surface area (Å²) in [5.74, 6) is 0.772. The van der Waals surface area contributed by atoms with Crippen LogP contribution in [0.2, 0.25) is 10.0 Å². The van der Waals surface area contributed by atoms with Crippen molar-refractivity contribution in [1.82, 2.24) is 0 Å². The maximum atomic E-state index is 9.78. The fraction of sp³-hybridized carbons (Fsp3) is 0.250. The van der Waals surface area contributed by atoms with Crippen molar-refractivity contribution in [2.75, 3.05) is 0 Å². The number of fused-ring (bicyclic) bond motifs is 1. The smallest absolute Gasteiger partial charge is 0.120 e. The third kappa shape index (κ3) is 2.64. The van der Waals surface area contributed by atoms with E-state index in [2.05, 4.69) is 0 Å². The molecular weight excluding hydrogens is 295 g/mol. The normalized spacial score (nSPS) is 17.1. The van der Waals surface area contributed by atoms with E-state index in [1.807, 2.05) is 24.3 Å². The minimum absolute atomic E-state index is 0.333. The van der Waals surface area contributed by atoms with E-state index in [9.17, 15) is 5.11 Å². The Morgan fingerprint density at radius 2 is 1.90 bits per heavy atom. The van der Waals surface area contributed by atoms with Crippen molar-refractivity contribution in [3.63, 3.8) is 0 Å². The first kappa shape index (κ1) is 13.7. The van der Waals surface area contributed by atoms with E-state index in [0.717, 1.165) is 35.3 Å². The summed E-state index contributed by atoms with van der Waals surface area (Å²) >= 11 is 12.2. The van der Waals surface area contributed by atoms with Crippen molar-refractivity contribution in [2.24, 2.45) is 0 Å². The molecule has 1 N–H and O–H groups in total. The number of benzene rings is 2. The zero-order valence-corrected chi connectivity index (χ0v) is 12.3. The van der Waals surface area contributed by atoms with E-state index in [4.69, 9.17) is 27.9 Å². The van der Waals surface area contributed by atoms with Gasteiger partial charge in [-0.1, -0.05) is 35.3 Å². The molecule has 0 aliphatic heterocycles. The molecule has 4 heteroatoms. The van der Waals surface area contributed by atoms with Crippen molar-refractivity contribution < 1.29 is 9.84 Å². The van der Waals surface area contributed by atoms with E-state index < -0.39 is 0 Å². The number of rotatable bonds is 3. The molecule has 0 unspecified atom stereocenters. The maximum absolute atomic E-state index is 9.78. The molecule has 2 aromatic carbocycles. The molecule has 0 radical (unpaired) electrons. The third-order valence-corrected chi connectivity index (χ3v) is 4.31. The van der Waals surface area contributed by atoms with Crippen LogP contribution in [0.3, 0.4) is 0 Å². The average Bonchev–Trinajstić information content (AvgIpc) is 2.79. The molecule has 0 amide bonds. The zero-order chi connectivity index (χ0) is 14.1. The fourth-order valence-electron chi connectivity index (χ4n) is 2.49. The first-order valence-corrected chi connectivity index (χ1v) is 7.27. The number of aryl methyl sites for hydroxylation is 1. The molecule has 1 aliphatic rings. The quantitative estimate of drug-likeness (QED) is 0.901. The second-order valence-electron chi connectivity index (χ2n) is 4.90. The second-order valence-corrected chi connectivity index (χ2v) is 5.72. The van der Waals surface area contributed by atoms with Crippen molar-refractivity contribution in [3.05, 3.63) is 63.1 Å². The van der Waals surface area contributed by atoms with Gasteiger partial charge < -0.3 is 9.84 Å². The maximum Gasteiger partial charge on any atom is 0.120 e. The minimum atomic E-state index is -0.336. The molecule has 2 nitrogen and oxygen atoms in total. The number of hydrogen-bond acceptors (Lipinski definition) is 2. The van der Waals surface area contributed by atoms with Gasteiger partial charge in [-0.2, -0.15) is 0 Å². The van der Waals surface area contributed by atoms with Gasteiger partial charge in [0.2, 0.25) is 0 Å². The highest BCUT2D eigenvalue weighted by atomic mass is 35.5. The van der Waals surface area contributed by atoms with Crippen LogP contribution in [0.4, 0.5) is 0 Å². The predicted octanol–water partition coefficient (Wildman–Crippen LogP) is 4.55. The SMILES string of the molecule is O[C@@H]1CCc2cc(OCc3c(Cl)cccc3Cl)ccc21. The van der Waals surface area contributed by atoms with Gasteiger partial charge >= 0.3 is 0 Å². The molecule has 0 saturated carbocycles. The topological polar surface area (TPSA) is 29.5 Å². The highest BCUT2D eigenvalue weighted by Crippen LogP contribution is 2.34. The minimum Gasteiger partial charge on any atom is -0.489 e. The second kappa shape index (κ2) is 5.65. The van der Waals surface area contributed by atoms with E-state index in [1.54, 1.807) is 12.1 Å². The Kier molecular flexibility index (Phi) is 3.88. The van der Waals surface area contributed by atoms with Gasteiger partial charge in [-0.05, 0) is 48.2 Å². The van der Waals surface area contributed by atoms with Crippen LogP contribution < -0.4 is 4.74 Å². The van der Waals surface area contributed by atoms with Crippen LogP contribution in [0, 0.1) is 0 Å². The van der Waals surface area contributed by atoms with E-state index in [0.29, 0.717) is 16.7 Å². The molecule has 3 rings (SSSR count). The Morgan fingerprint density at radius 3 is 2.65 bits per heavy atom. The molecule has 0 aromatic heterocycles. The zero-order valence-electron chi connectivity index (χ0n) is 10.8. The summed E-state index contributed by atoms with van der Waals surface area (Å²) in [6, 6.07) is 11.2. The number of aliphatic hydroxyl groups is 1. The summed E-state index contributed by atoms with van der Waals surface area (Å²) in [4.78, 5) is 0. The number of aliphatic hydroxyl groups excluding tert-OH is 1. The highest BCUT2D eigenvalue weighted by molar-refractivity contribution is 6.35. The van der Waals surface area contributed by atoms with Gasteiger partial charge in [-0.25, -0.2) is 0 Å². The van der Waals surface area contributed by atoms with Gasteiger partial charge in [0, 0.05) is 15.6 Å². The Morgan fingerprint density at radius 1 is 1.15 bits per heavy atom. The lowest BCUT2D eigenvalue weighted by Crippen LogP contribution is -1.98. The monoisotopic (exact) mass is 308 g/mol. The largest absolute Gasteiger partial charge is 0.489 e. The van der Waals surface area contributed by atoms with Crippen molar-refractivity contribution in [1.29, 1.82) is 0 Å². The summed E-state index contributed by atoms with van der Waals surface area (Å²) in [5.41, 5.74) is 2.95.